The SMILES string of the molecule is COc1ccc(OC(=O)Cc2coc3ccc(C)cc23)cc1. The quantitative estimate of drug-likeness (QED) is 0.541. The van der Waals surface area contributed by atoms with Gasteiger partial charge >= 0.3 is 5.97 Å². The van der Waals surface area contributed by atoms with E-state index in [4.69, 9.17) is 13.9 Å². The van der Waals surface area contributed by atoms with Gasteiger partial charge in [-0.25, -0.2) is 0 Å². The molecule has 0 saturated heterocycles. The largest absolute Gasteiger partial charge is 0.497 e. The molecule has 3 aromatic rings. The van der Waals surface area contributed by atoms with Crippen molar-refractivity contribution in [2.24, 2.45) is 0 Å². The molecule has 1 aromatic heterocycles. The molecule has 0 atom stereocenters. The standard InChI is InChI=1S/C18H16O4/c1-12-3-8-17-16(9-12)13(11-21-17)10-18(19)22-15-6-4-14(20-2)5-7-15/h3-9,11H,10H2,1-2H3. The first kappa shape index (κ1) is 14.2. The number of benzene rings is 2. The molecule has 0 aliphatic carbocycles. The molecule has 0 aliphatic rings. The Kier molecular flexibility index (Phi) is 3.83. The predicted octanol–water partition coefficient (Wildman–Crippen LogP) is 3.90. The molecule has 0 aliphatic heterocycles. The van der Waals surface area contributed by atoms with E-state index in [9.17, 15) is 4.79 Å². The van der Waals surface area contributed by atoms with Crippen molar-refractivity contribution in [1.29, 1.82) is 0 Å². The highest BCUT2D eigenvalue weighted by atomic mass is 16.5. The van der Waals surface area contributed by atoms with E-state index in [0.29, 0.717) is 5.75 Å². The monoisotopic (exact) mass is 296 g/mol. The lowest BCUT2D eigenvalue weighted by Crippen LogP contribution is -2.10. The molecule has 0 amide bonds. The fourth-order valence-corrected chi connectivity index (χ4v) is 2.30. The molecular formula is C18H16O4. The van der Waals surface area contributed by atoms with Crippen molar-refractivity contribution in [1.82, 2.24) is 0 Å². The summed E-state index contributed by atoms with van der Waals surface area (Å²) in [6, 6.07) is 12.8. The first-order valence-corrected chi connectivity index (χ1v) is 6.97. The Balaban J connectivity index is 1.73. The molecule has 0 saturated carbocycles. The van der Waals surface area contributed by atoms with Crippen LogP contribution in [0.4, 0.5) is 0 Å². The number of fused-ring (bicyclic) bond motifs is 1. The van der Waals surface area contributed by atoms with Crippen LogP contribution >= 0.6 is 0 Å². The van der Waals surface area contributed by atoms with Crippen LogP contribution in [0.5, 0.6) is 11.5 Å². The summed E-state index contributed by atoms with van der Waals surface area (Å²) in [5.74, 6) is 0.889. The molecule has 4 nitrogen and oxygen atoms in total. The minimum Gasteiger partial charge on any atom is -0.497 e. The van der Waals surface area contributed by atoms with Crippen LogP contribution in [0.1, 0.15) is 11.1 Å². The fraction of sp³-hybridized carbons (Fsp3) is 0.167. The zero-order chi connectivity index (χ0) is 15.5. The molecule has 22 heavy (non-hydrogen) atoms. The van der Waals surface area contributed by atoms with Gasteiger partial charge in [0.1, 0.15) is 17.1 Å². The fourth-order valence-electron chi connectivity index (χ4n) is 2.30. The van der Waals surface area contributed by atoms with Crippen molar-refractivity contribution in [2.75, 3.05) is 7.11 Å². The number of hydrogen-bond acceptors (Lipinski definition) is 4. The molecule has 1 heterocycles. The highest BCUT2D eigenvalue weighted by Crippen LogP contribution is 2.24. The van der Waals surface area contributed by atoms with E-state index in [0.717, 1.165) is 27.8 Å². The third-order valence-corrected chi connectivity index (χ3v) is 3.44. The summed E-state index contributed by atoms with van der Waals surface area (Å²) in [6.07, 6.45) is 1.78. The highest BCUT2D eigenvalue weighted by molar-refractivity contribution is 5.86. The molecule has 0 radical (unpaired) electrons. The number of rotatable bonds is 4. The lowest BCUT2D eigenvalue weighted by molar-refractivity contribution is -0.133. The summed E-state index contributed by atoms with van der Waals surface area (Å²) >= 11 is 0. The molecule has 0 fully saturated rings. The van der Waals surface area contributed by atoms with Gasteiger partial charge in [0.15, 0.2) is 0 Å². The topological polar surface area (TPSA) is 48.7 Å². The Hall–Kier alpha value is -2.75. The number of furan rings is 1. The van der Waals surface area contributed by atoms with E-state index in [-0.39, 0.29) is 12.4 Å². The normalized spacial score (nSPS) is 10.6. The van der Waals surface area contributed by atoms with Crippen LogP contribution in [0, 0.1) is 6.92 Å². The van der Waals surface area contributed by atoms with Gasteiger partial charge in [0, 0.05) is 10.9 Å². The van der Waals surface area contributed by atoms with E-state index < -0.39 is 0 Å². The average Bonchev–Trinajstić information content (AvgIpc) is 2.90. The number of ether oxygens (including phenoxy) is 2. The molecule has 3 rings (SSSR count). The Morgan fingerprint density at radius 1 is 1.09 bits per heavy atom. The maximum absolute atomic E-state index is 12.1. The molecule has 2 aromatic carbocycles. The molecule has 4 heteroatoms. The summed E-state index contributed by atoms with van der Waals surface area (Å²) < 4.78 is 15.9. The number of methoxy groups -OCH3 is 1. The van der Waals surface area contributed by atoms with Crippen molar-refractivity contribution in [2.45, 2.75) is 13.3 Å². The molecule has 0 bridgehead atoms. The van der Waals surface area contributed by atoms with Crippen molar-refractivity contribution in [3.05, 3.63) is 59.9 Å². The number of esters is 1. The summed E-state index contributed by atoms with van der Waals surface area (Å²) in [7, 11) is 1.59. The second-order valence-corrected chi connectivity index (χ2v) is 5.09. The van der Waals surface area contributed by atoms with Crippen LogP contribution in [0.3, 0.4) is 0 Å². The summed E-state index contributed by atoms with van der Waals surface area (Å²) in [5.41, 5.74) is 2.73. The van der Waals surface area contributed by atoms with Gasteiger partial charge in [-0.15, -0.1) is 0 Å². The van der Waals surface area contributed by atoms with E-state index in [1.165, 1.54) is 0 Å². The molecule has 0 unspecified atom stereocenters. The molecule has 0 N–H and O–H groups in total. The number of carbonyl (C=O) groups is 1. The summed E-state index contributed by atoms with van der Waals surface area (Å²) in [4.78, 5) is 12.1. The highest BCUT2D eigenvalue weighted by Gasteiger charge is 2.12. The van der Waals surface area contributed by atoms with Crippen molar-refractivity contribution >= 4 is 16.9 Å². The van der Waals surface area contributed by atoms with Crippen molar-refractivity contribution < 1.29 is 18.7 Å². The third kappa shape index (κ3) is 2.96. The van der Waals surface area contributed by atoms with Gasteiger partial charge in [0.2, 0.25) is 0 Å². The van der Waals surface area contributed by atoms with Gasteiger partial charge in [0.05, 0.1) is 19.8 Å². The lowest BCUT2D eigenvalue weighted by Gasteiger charge is -2.05. The summed E-state index contributed by atoms with van der Waals surface area (Å²) in [5, 5.41) is 0.951. The number of aryl methyl sites for hydroxylation is 1. The Labute approximate surface area is 128 Å². The van der Waals surface area contributed by atoms with E-state index in [1.54, 1.807) is 37.6 Å². The smallest absolute Gasteiger partial charge is 0.315 e. The Morgan fingerprint density at radius 3 is 2.55 bits per heavy atom. The van der Waals surface area contributed by atoms with Crippen LogP contribution in [0.2, 0.25) is 0 Å². The van der Waals surface area contributed by atoms with E-state index in [2.05, 4.69) is 0 Å². The maximum atomic E-state index is 12.1. The zero-order valence-electron chi connectivity index (χ0n) is 12.5. The van der Waals surface area contributed by atoms with Crippen LogP contribution in [0.15, 0.2) is 53.1 Å². The maximum Gasteiger partial charge on any atom is 0.315 e. The molecule has 0 spiro atoms. The van der Waals surface area contributed by atoms with Crippen molar-refractivity contribution in [3.8, 4) is 11.5 Å². The minimum absolute atomic E-state index is 0.169. The Bertz CT molecular complexity index is 800. The van der Waals surface area contributed by atoms with E-state index >= 15 is 0 Å². The summed E-state index contributed by atoms with van der Waals surface area (Å²) in [6.45, 7) is 2.01. The van der Waals surface area contributed by atoms with Crippen LogP contribution in [0.25, 0.3) is 11.0 Å². The zero-order valence-corrected chi connectivity index (χ0v) is 12.5. The van der Waals surface area contributed by atoms with Gasteiger partial charge in [-0.05, 0) is 43.3 Å². The number of hydrogen-bond donors (Lipinski definition) is 0. The predicted molar refractivity (Wildman–Crippen MR) is 83.3 cm³/mol. The van der Waals surface area contributed by atoms with Gasteiger partial charge in [-0.2, -0.15) is 0 Å². The van der Waals surface area contributed by atoms with Gasteiger partial charge < -0.3 is 13.9 Å². The first-order valence-electron chi connectivity index (χ1n) is 6.97. The van der Waals surface area contributed by atoms with Crippen molar-refractivity contribution in [3.63, 3.8) is 0 Å². The van der Waals surface area contributed by atoms with E-state index in [1.807, 2.05) is 25.1 Å². The first-order chi connectivity index (χ1) is 10.7. The second-order valence-electron chi connectivity index (χ2n) is 5.09. The van der Waals surface area contributed by atoms with Crippen LogP contribution in [-0.4, -0.2) is 13.1 Å². The van der Waals surface area contributed by atoms with Gasteiger partial charge in [0.25, 0.3) is 0 Å². The lowest BCUT2D eigenvalue weighted by atomic mass is 10.1. The average molecular weight is 296 g/mol. The molecular weight excluding hydrogens is 280 g/mol. The molecule has 112 valence electrons. The number of carbonyl (C=O) groups excluding carboxylic acids is 1. The third-order valence-electron chi connectivity index (χ3n) is 3.44. The van der Waals surface area contributed by atoms with Gasteiger partial charge in [-0.3, -0.25) is 4.79 Å². The second kappa shape index (κ2) is 5.93. The minimum atomic E-state index is -0.325. The van der Waals surface area contributed by atoms with Crippen LogP contribution < -0.4 is 9.47 Å². The van der Waals surface area contributed by atoms with Gasteiger partial charge in [-0.1, -0.05) is 11.6 Å². The van der Waals surface area contributed by atoms with Crippen LogP contribution in [-0.2, 0) is 11.2 Å². The Morgan fingerprint density at radius 2 is 1.82 bits per heavy atom.